The fourth-order valence-electron chi connectivity index (χ4n) is 3.61. The normalized spacial score (nSPS) is 40.0. The third-order valence-electron chi connectivity index (χ3n) is 5.55. The van der Waals surface area contributed by atoms with E-state index in [0.717, 1.165) is 0 Å². The van der Waals surface area contributed by atoms with Gasteiger partial charge in [-0.2, -0.15) is 0 Å². The van der Waals surface area contributed by atoms with Crippen LogP contribution in [0, 0.1) is 0 Å². The number of esters is 1. The number of aromatic amines is 1. The summed E-state index contributed by atoms with van der Waals surface area (Å²) in [6, 6.07) is -1.16. The fourth-order valence-corrected chi connectivity index (χ4v) is 3.61. The van der Waals surface area contributed by atoms with Crippen molar-refractivity contribution < 1.29 is 59.5 Å². The van der Waals surface area contributed by atoms with E-state index in [1.54, 1.807) is 0 Å². The summed E-state index contributed by atoms with van der Waals surface area (Å²) in [7, 11) is 0. The van der Waals surface area contributed by atoms with Crippen molar-refractivity contribution in [3.8, 4) is 0 Å². The molecule has 0 spiro atoms. The Bertz CT molecular complexity index is 767. The summed E-state index contributed by atoms with van der Waals surface area (Å²) >= 11 is 0. The molecule has 10 atom stereocenters. The molecule has 0 bridgehead atoms. The maximum Gasteiger partial charge on any atom is 0.323 e. The summed E-state index contributed by atoms with van der Waals surface area (Å²) in [5.74, 6) is -3.30. The zero-order valence-electron chi connectivity index (χ0n) is 17.4. The number of nitrogens with one attached hydrogen (secondary N) is 1. The van der Waals surface area contributed by atoms with Crippen LogP contribution in [0.1, 0.15) is 5.69 Å². The minimum atomic E-state index is -2.36. The van der Waals surface area contributed by atoms with Crippen LogP contribution in [-0.4, -0.2) is 132 Å². The van der Waals surface area contributed by atoms with Crippen LogP contribution in [0.3, 0.4) is 0 Å². The molecule has 0 saturated carbocycles. The molecule has 15 nitrogen and oxygen atoms in total. The van der Waals surface area contributed by atoms with Gasteiger partial charge in [0.2, 0.25) is 5.79 Å². The number of hydrogen-bond acceptors (Lipinski definition) is 14. The van der Waals surface area contributed by atoms with Crippen molar-refractivity contribution in [1.82, 2.24) is 9.97 Å². The van der Waals surface area contributed by atoms with Gasteiger partial charge in [-0.15, -0.1) is 0 Å². The number of nitrogens with two attached hydrogens (primary N) is 1. The summed E-state index contributed by atoms with van der Waals surface area (Å²) in [5, 5.41) is 69.7. The molecule has 0 aliphatic carbocycles. The summed E-state index contributed by atoms with van der Waals surface area (Å²) in [6.45, 7) is -2.35. The number of hydrogen-bond donors (Lipinski definition) is 9. The van der Waals surface area contributed by atoms with E-state index in [9.17, 15) is 40.5 Å². The third-order valence-corrected chi connectivity index (χ3v) is 5.55. The van der Waals surface area contributed by atoms with Gasteiger partial charge in [-0.1, -0.05) is 0 Å². The third kappa shape index (κ3) is 5.33. The topological polar surface area (TPSA) is 250 Å². The molecular weight excluding hydrogens is 450 g/mol. The lowest BCUT2D eigenvalue weighted by molar-refractivity contribution is -0.383. The zero-order chi connectivity index (χ0) is 24.3. The number of nitrogens with zero attached hydrogens (tertiary/aromatic N) is 1. The van der Waals surface area contributed by atoms with E-state index in [1.165, 1.54) is 12.5 Å². The molecule has 2 saturated heterocycles. The second-order valence-corrected chi connectivity index (χ2v) is 7.88. The lowest BCUT2D eigenvalue weighted by Gasteiger charge is -2.43. The van der Waals surface area contributed by atoms with E-state index in [0.29, 0.717) is 5.69 Å². The number of imidazole rings is 1. The first-order valence-electron chi connectivity index (χ1n) is 10.2. The van der Waals surface area contributed by atoms with Crippen LogP contribution in [-0.2, 0) is 30.2 Å². The molecule has 2 aliphatic heterocycles. The average Bonchev–Trinajstić information content (AvgIpc) is 3.40. The number of carbonyl (C=O) groups excluding carboxylic acids is 1. The van der Waals surface area contributed by atoms with Gasteiger partial charge in [0.25, 0.3) is 0 Å². The summed E-state index contributed by atoms with van der Waals surface area (Å²) in [5.41, 5.74) is 6.30. The Balaban J connectivity index is 1.76. The van der Waals surface area contributed by atoms with Crippen molar-refractivity contribution >= 4 is 5.97 Å². The van der Waals surface area contributed by atoms with Crippen molar-refractivity contribution in [2.24, 2.45) is 5.73 Å². The summed E-state index contributed by atoms with van der Waals surface area (Å²) in [4.78, 5) is 19.0. The van der Waals surface area contributed by atoms with Gasteiger partial charge in [-0.05, 0) is 0 Å². The molecule has 2 aliphatic rings. The SMILES string of the molecule is N[C@@H](Cc1c[nH]cn1)C(=O)OC[C@@]1(O[C@H]2O[C@H](CO)[C@@H](O)[C@H](O)[C@H]2O)O[C@H](CO)[C@@H](O)[C@@H]1O. The molecular formula is C18H29N3O12. The van der Waals surface area contributed by atoms with Gasteiger partial charge in [0, 0.05) is 12.6 Å². The summed E-state index contributed by atoms with van der Waals surface area (Å²) < 4.78 is 21.3. The van der Waals surface area contributed by atoms with Gasteiger partial charge in [0.05, 0.1) is 25.2 Å². The van der Waals surface area contributed by atoms with Crippen LogP contribution in [0.2, 0.25) is 0 Å². The van der Waals surface area contributed by atoms with Gasteiger partial charge in [0.1, 0.15) is 55.4 Å². The van der Waals surface area contributed by atoms with Gasteiger partial charge < -0.3 is 65.4 Å². The van der Waals surface area contributed by atoms with Crippen LogP contribution < -0.4 is 5.73 Å². The molecule has 2 fully saturated rings. The predicted molar refractivity (Wildman–Crippen MR) is 103 cm³/mol. The average molecular weight is 479 g/mol. The number of aliphatic hydroxyl groups is 7. The maximum atomic E-state index is 12.4. The van der Waals surface area contributed by atoms with Crippen LogP contribution >= 0.6 is 0 Å². The first-order chi connectivity index (χ1) is 15.6. The van der Waals surface area contributed by atoms with E-state index in [4.69, 9.17) is 24.7 Å². The minimum Gasteiger partial charge on any atom is -0.459 e. The highest BCUT2D eigenvalue weighted by Gasteiger charge is 2.59. The second-order valence-electron chi connectivity index (χ2n) is 7.88. The zero-order valence-corrected chi connectivity index (χ0v) is 17.4. The van der Waals surface area contributed by atoms with E-state index >= 15 is 0 Å². The first kappa shape index (κ1) is 25.9. The van der Waals surface area contributed by atoms with Gasteiger partial charge in [0.15, 0.2) is 6.29 Å². The molecule has 0 aromatic carbocycles. The van der Waals surface area contributed by atoms with E-state index in [-0.39, 0.29) is 6.42 Å². The highest BCUT2D eigenvalue weighted by Crippen LogP contribution is 2.36. The molecule has 1 aromatic heterocycles. The Morgan fingerprint density at radius 3 is 2.39 bits per heavy atom. The Morgan fingerprint density at radius 1 is 1.12 bits per heavy atom. The molecule has 3 heterocycles. The predicted octanol–water partition coefficient (Wildman–Crippen LogP) is -5.55. The van der Waals surface area contributed by atoms with Crippen molar-refractivity contribution in [2.75, 3.05) is 19.8 Å². The van der Waals surface area contributed by atoms with Crippen molar-refractivity contribution in [1.29, 1.82) is 0 Å². The van der Waals surface area contributed by atoms with Crippen LogP contribution in [0.5, 0.6) is 0 Å². The highest BCUT2D eigenvalue weighted by molar-refractivity contribution is 5.75. The molecule has 15 heteroatoms. The molecule has 3 rings (SSSR count). The minimum absolute atomic E-state index is 0.0220. The Hall–Kier alpha value is -1.76. The van der Waals surface area contributed by atoms with Crippen LogP contribution in [0.15, 0.2) is 12.5 Å². The molecule has 0 amide bonds. The van der Waals surface area contributed by atoms with E-state index < -0.39 is 86.6 Å². The van der Waals surface area contributed by atoms with Crippen molar-refractivity contribution in [3.63, 3.8) is 0 Å². The van der Waals surface area contributed by atoms with Crippen molar-refractivity contribution in [2.45, 2.75) is 67.3 Å². The lowest BCUT2D eigenvalue weighted by Crippen LogP contribution is -2.63. The Kier molecular flexibility index (Phi) is 8.35. The molecule has 33 heavy (non-hydrogen) atoms. The largest absolute Gasteiger partial charge is 0.459 e. The first-order valence-corrected chi connectivity index (χ1v) is 10.2. The van der Waals surface area contributed by atoms with Gasteiger partial charge in [-0.25, -0.2) is 4.98 Å². The fraction of sp³-hybridized carbons (Fsp3) is 0.778. The second kappa shape index (κ2) is 10.7. The molecule has 188 valence electrons. The monoisotopic (exact) mass is 479 g/mol. The quantitative estimate of drug-likeness (QED) is 0.150. The number of ether oxygens (including phenoxy) is 4. The Morgan fingerprint density at radius 2 is 1.82 bits per heavy atom. The van der Waals surface area contributed by atoms with Crippen molar-refractivity contribution in [3.05, 3.63) is 18.2 Å². The smallest absolute Gasteiger partial charge is 0.323 e. The number of carbonyl (C=O) groups is 1. The lowest BCUT2D eigenvalue weighted by atomic mass is 9.99. The van der Waals surface area contributed by atoms with E-state index in [1.807, 2.05) is 0 Å². The van der Waals surface area contributed by atoms with Crippen LogP contribution in [0.4, 0.5) is 0 Å². The molecule has 1 aromatic rings. The van der Waals surface area contributed by atoms with Gasteiger partial charge in [-0.3, -0.25) is 4.79 Å². The van der Waals surface area contributed by atoms with Gasteiger partial charge >= 0.3 is 5.97 Å². The van der Waals surface area contributed by atoms with Crippen LogP contribution in [0.25, 0.3) is 0 Å². The number of H-pyrrole nitrogens is 1. The Labute approximate surface area is 187 Å². The molecule has 10 N–H and O–H groups in total. The molecule has 0 unspecified atom stereocenters. The van der Waals surface area contributed by atoms with E-state index in [2.05, 4.69) is 9.97 Å². The molecule has 0 radical (unpaired) electrons. The number of rotatable bonds is 9. The highest BCUT2D eigenvalue weighted by atomic mass is 16.8. The number of aliphatic hydroxyl groups excluding tert-OH is 7. The maximum absolute atomic E-state index is 12.4. The number of aromatic nitrogens is 2. The summed E-state index contributed by atoms with van der Waals surface area (Å²) in [6.07, 6.45) is -10.5. The standard InChI is InChI=1S/C18H29N3O12/c19-8(1-7-2-20-6-21-7)16(29)30-5-18(15(28)12(25)10(4-23)32-18)33-17-14(27)13(26)11(24)9(3-22)31-17/h2,6,8-15,17,22-28H,1,3-5,19H2,(H,20,21)/t8-,9+,10+,11+,12+,13-,14+,15-,17+,18-/m0/s1.